The first kappa shape index (κ1) is 23.2. The number of likely N-dealkylation sites (tertiary alicyclic amines) is 1. The first-order chi connectivity index (χ1) is 15.3. The van der Waals surface area contributed by atoms with Gasteiger partial charge in [0.25, 0.3) is 5.91 Å². The summed E-state index contributed by atoms with van der Waals surface area (Å²) in [5, 5.41) is 3.05. The van der Waals surface area contributed by atoms with Gasteiger partial charge in [0.05, 0.1) is 18.9 Å². The molecule has 3 amide bonds. The summed E-state index contributed by atoms with van der Waals surface area (Å²) in [7, 11) is 0. The lowest BCUT2D eigenvalue weighted by Crippen LogP contribution is -2.51. The van der Waals surface area contributed by atoms with Crippen LogP contribution in [0.5, 0.6) is 0 Å². The van der Waals surface area contributed by atoms with Crippen LogP contribution in [-0.2, 0) is 20.8 Å². The third-order valence-electron chi connectivity index (χ3n) is 5.56. The van der Waals surface area contributed by atoms with Gasteiger partial charge in [-0.05, 0) is 56.0 Å². The second kappa shape index (κ2) is 10.7. The smallest absolute Gasteiger partial charge is 0.257 e. The van der Waals surface area contributed by atoms with Crippen LogP contribution in [0.3, 0.4) is 0 Å². The van der Waals surface area contributed by atoms with Crippen molar-refractivity contribution in [3.8, 4) is 0 Å². The van der Waals surface area contributed by atoms with E-state index in [0.29, 0.717) is 25.9 Å². The van der Waals surface area contributed by atoms with Gasteiger partial charge in [0.1, 0.15) is 5.82 Å². The second-order valence-electron chi connectivity index (χ2n) is 8.19. The van der Waals surface area contributed by atoms with E-state index in [4.69, 9.17) is 0 Å². The SMILES string of the molecule is Cc1ccc(NCC(=O)NNC(=O)C2CCCN(C(=O)Cc3ccc(F)cc3)C2)c(C)c1. The minimum absolute atomic E-state index is 0.0249. The van der Waals surface area contributed by atoms with E-state index in [9.17, 15) is 18.8 Å². The average molecular weight is 441 g/mol. The fourth-order valence-electron chi connectivity index (χ4n) is 3.77. The molecule has 0 spiro atoms. The zero-order valence-corrected chi connectivity index (χ0v) is 18.4. The normalized spacial score (nSPS) is 15.7. The van der Waals surface area contributed by atoms with Gasteiger partial charge in [-0.1, -0.05) is 29.8 Å². The lowest BCUT2D eigenvalue weighted by Gasteiger charge is -2.32. The van der Waals surface area contributed by atoms with E-state index in [-0.39, 0.29) is 36.5 Å². The van der Waals surface area contributed by atoms with E-state index < -0.39 is 5.92 Å². The number of amides is 3. The zero-order valence-electron chi connectivity index (χ0n) is 18.4. The van der Waals surface area contributed by atoms with Gasteiger partial charge in [-0.2, -0.15) is 0 Å². The minimum Gasteiger partial charge on any atom is -0.376 e. The third-order valence-corrected chi connectivity index (χ3v) is 5.56. The third kappa shape index (κ3) is 6.54. The number of carbonyl (C=O) groups excluding carboxylic acids is 3. The number of anilines is 1. The molecule has 0 bridgehead atoms. The molecule has 1 unspecified atom stereocenters. The van der Waals surface area contributed by atoms with Crippen molar-refractivity contribution in [3.63, 3.8) is 0 Å². The van der Waals surface area contributed by atoms with Crippen molar-refractivity contribution in [2.45, 2.75) is 33.1 Å². The Morgan fingerprint density at radius 2 is 1.81 bits per heavy atom. The molecule has 0 radical (unpaired) electrons. The molecule has 7 nitrogen and oxygen atoms in total. The van der Waals surface area contributed by atoms with E-state index in [2.05, 4.69) is 16.2 Å². The Labute approximate surface area is 187 Å². The number of halogens is 1. The number of rotatable bonds is 6. The number of carbonyl (C=O) groups is 3. The Morgan fingerprint density at radius 1 is 1.06 bits per heavy atom. The van der Waals surface area contributed by atoms with Crippen LogP contribution in [0.1, 0.15) is 29.5 Å². The maximum Gasteiger partial charge on any atom is 0.257 e. The summed E-state index contributed by atoms with van der Waals surface area (Å²) < 4.78 is 13.0. The molecule has 170 valence electrons. The highest BCUT2D eigenvalue weighted by molar-refractivity contribution is 5.86. The standard InChI is InChI=1S/C24H29FN4O3/c1-16-5-10-21(17(2)12-16)26-14-22(30)27-28-24(32)19-4-3-11-29(15-19)23(31)13-18-6-8-20(25)9-7-18/h5-10,12,19,26H,3-4,11,13-15H2,1-2H3,(H,27,30)(H,28,32). The molecule has 8 heteroatoms. The van der Waals surface area contributed by atoms with Gasteiger partial charge >= 0.3 is 0 Å². The summed E-state index contributed by atoms with van der Waals surface area (Å²) in [6.45, 7) is 4.86. The molecule has 2 aromatic rings. The van der Waals surface area contributed by atoms with E-state index in [1.165, 1.54) is 12.1 Å². The summed E-state index contributed by atoms with van der Waals surface area (Å²) in [5.41, 5.74) is 8.67. The van der Waals surface area contributed by atoms with E-state index in [1.54, 1.807) is 17.0 Å². The molecule has 1 aliphatic rings. The fourth-order valence-corrected chi connectivity index (χ4v) is 3.77. The van der Waals surface area contributed by atoms with Crippen LogP contribution in [0.15, 0.2) is 42.5 Å². The van der Waals surface area contributed by atoms with Gasteiger partial charge in [-0.25, -0.2) is 4.39 Å². The summed E-state index contributed by atoms with van der Waals surface area (Å²) in [5.74, 6) is -1.52. The average Bonchev–Trinajstić information content (AvgIpc) is 2.78. The van der Waals surface area contributed by atoms with Gasteiger partial charge in [-0.15, -0.1) is 0 Å². The fraction of sp³-hybridized carbons (Fsp3) is 0.375. The van der Waals surface area contributed by atoms with E-state index in [0.717, 1.165) is 22.4 Å². The Bertz CT molecular complexity index is 978. The van der Waals surface area contributed by atoms with Gasteiger partial charge in [-0.3, -0.25) is 25.2 Å². The molecule has 0 aliphatic carbocycles. The van der Waals surface area contributed by atoms with Crippen LogP contribution in [-0.4, -0.2) is 42.3 Å². The molecule has 3 rings (SSSR count). The molecule has 1 aliphatic heterocycles. The number of hydrazine groups is 1. The number of benzene rings is 2. The lowest BCUT2D eigenvalue weighted by atomic mass is 9.97. The molecular weight excluding hydrogens is 411 g/mol. The summed E-state index contributed by atoms with van der Waals surface area (Å²) in [6, 6.07) is 11.7. The monoisotopic (exact) mass is 440 g/mol. The number of hydrogen-bond donors (Lipinski definition) is 3. The molecule has 3 N–H and O–H groups in total. The van der Waals surface area contributed by atoms with Crippen molar-refractivity contribution >= 4 is 23.4 Å². The first-order valence-electron chi connectivity index (χ1n) is 10.7. The predicted octanol–water partition coefficient (Wildman–Crippen LogP) is 2.48. The molecular formula is C24H29FN4O3. The quantitative estimate of drug-likeness (QED) is 0.602. The van der Waals surface area contributed by atoms with E-state index in [1.807, 2.05) is 32.0 Å². The Kier molecular flexibility index (Phi) is 7.81. The molecule has 0 saturated carbocycles. The maximum atomic E-state index is 13.0. The number of nitrogens with one attached hydrogen (secondary N) is 3. The molecule has 2 aromatic carbocycles. The van der Waals surface area contributed by atoms with Gasteiger partial charge in [0.15, 0.2) is 0 Å². The molecule has 1 atom stereocenters. The number of aryl methyl sites for hydroxylation is 2. The summed E-state index contributed by atoms with van der Waals surface area (Å²) in [4.78, 5) is 38.8. The van der Waals surface area contributed by atoms with Crippen LogP contribution in [0.2, 0.25) is 0 Å². The van der Waals surface area contributed by atoms with Crippen LogP contribution >= 0.6 is 0 Å². The van der Waals surface area contributed by atoms with Crippen molar-refractivity contribution in [3.05, 3.63) is 65.0 Å². The highest BCUT2D eigenvalue weighted by atomic mass is 19.1. The van der Waals surface area contributed by atoms with Gasteiger partial charge in [0.2, 0.25) is 11.8 Å². The molecule has 32 heavy (non-hydrogen) atoms. The first-order valence-corrected chi connectivity index (χ1v) is 10.7. The van der Waals surface area contributed by atoms with Gasteiger partial charge in [0, 0.05) is 18.8 Å². The number of nitrogens with zero attached hydrogens (tertiary/aromatic N) is 1. The maximum absolute atomic E-state index is 13.0. The number of piperidine rings is 1. The van der Waals surface area contributed by atoms with Crippen molar-refractivity contribution in [1.82, 2.24) is 15.8 Å². The van der Waals surface area contributed by atoms with Crippen LogP contribution in [0.4, 0.5) is 10.1 Å². The largest absolute Gasteiger partial charge is 0.376 e. The van der Waals surface area contributed by atoms with Crippen molar-refractivity contribution in [2.24, 2.45) is 5.92 Å². The van der Waals surface area contributed by atoms with Crippen molar-refractivity contribution in [1.29, 1.82) is 0 Å². The molecule has 1 fully saturated rings. The summed E-state index contributed by atoms with van der Waals surface area (Å²) in [6.07, 6.45) is 1.51. The molecule has 1 saturated heterocycles. The molecule has 1 heterocycles. The molecule has 0 aromatic heterocycles. The second-order valence-corrected chi connectivity index (χ2v) is 8.19. The summed E-state index contributed by atoms with van der Waals surface area (Å²) >= 11 is 0. The van der Waals surface area contributed by atoms with E-state index >= 15 is 0 Å². The minimum atomic E-state index is -0.395. The number of hydrogen-bond acceptors (Lipinski definition) is 4. The highest BCUT2D eigenvalue weighted by Gasteiger charge is 2.28. The van der Waals surface area contributed by atoms with Crippen LogP contribution < -0.4 is 16.2 Å². The van der Waals surface area contributed by atoms with Crippen LogP contribution in [0, 0.1) is 25.6 Å². The topological polar surface area (TPSA) is 90.5 Å². The Hall–Kier alpha value is -3.42. The van der Waals surface area contributed by atoms with Crippen LogP contribution in [0.25, 0.3) is 0 Å². The predicted molar refractivity (Wildman–Crippen MR) is 120 cm³/mol. The van der Waals surface area contributed by atoms with Crippen molar-refractivity contribution in [2.75, 3.05) is 25.0 Å². The van der Waals surface area contributed by atoms with Crippen molar-refractivity contribution < 1.29 is 18.8 Å². The Balaban J connectivity index is 1.43. The zero-order chi connectivity index (χ0) is 23.1. The highest BCUT2D eigenvalue weighted by Crippen LogP contribution is 2.18. The Morgan fingerprint density at radius 3 is 2.53 bits per heavy atom. The lowest BCUT2D eigenvalue weighted by molar-refractivity contribution is -0.137. The van der Waals surface area contributed by atoms with Gasteiger partial charge < -0.3 is 10.2 Å².